The van der Waals surface area contributed by atoms with Crippen molar-refractivity contribution in [3.8, 4) is 0 Å². The van der Waals surface area contributed by atoms with Crippen LogP contribution < -0.4 is 18.9 Å². The molecule has 0 bridgehead atoms. The molecule has 0 unspecified atom stereocenters. The molecule has 0 spiro atoms. The van der Waals surface area contributed by atoms with Gasteiger partial charge in [-0.3, -0.25) is 9.59 Å². The summed E-state index contributed by atoms with van der Waals surface area (Å²) in [5, 5.41) is 17.8. The quantitative estimate of drug-likeness (QED) is 0.424. The van der Waals surface area contributed by atoms with Crippen LogP contribution >= 0.6 is 0 Å². The second-order valence-corrected chi connectivity index (χ2v) is 3.49. The largest absolute Gasteiger partial charge is 1.00 e. The summed E-state index contributed by atoms with van der Waals surface area (Å²) in [6.07, 6.45) is 0.728. The predicted octanol–water partition coefficient (Wildman–Crippen LogP) is -1.29. The fraction of sp³-hybridized carbons (Fsp3) is 0.778. The molecule has 0 saturated heterocycles. The molecule has 0 aromatic carbocycles. The van der Waals surface area contributed by atoms with Crippen LogP contribution in [-0.2, 0) is 9.59 Å². The Hall–Kier alpha value is -0.463. The van der Waals surface area contributed by atoms with Crippen LogP contribution in [0.5, 0.6) is 0 Å². The Morgan fingerprint density at radius 2 is 1.64 bits per heavy atom. The molecule has 0 aliphatic heterocycles. The normalized spacial score (nSPS) is 10.9. The van der Waals surface area contributed by atoms with Gasteiger partial charge in [-0.2, -0.15) is 0 Å². The van der Waals surface area contributed by atoms with E-state index in [1.165, 1.54) is 0 Å². The third-order valence-electron chi connectivity index (χ3n) is 2.39. The first-order valence-electron chi connectivity index (χ1n) is 4.36. The number of carboxylic acid groups (broad SMARTS) is 2. The van der Waals surface area contributed by atoms with Crippen molar-refractivity contribution >= 4 is 11.9 Å². The molecule has 0 atom stereocenters. The van der Waals surface area contributed by atoms with Crippen LogP contribution in [0.3, 0.4) is 0 Å². The number of carboxylic acids is 2. The Labute approximate surface area is 97.4 Å². The molecule has 0 amide bonds. The summed E-state index contributed by atoms with van der Waals surface area (Å²) in [6, 6.07) is 0. The SMILES string of the molecule is CCCC(C(=O)O)(C(=O)O)C(C)C.[H-].[Li+]. The van der Waals surface area contributed by atoms with E-state index < -0.39 is 23.3 Å². The van der Waals surface area contributed by atoms with Gasteiger partial charge in [0.15, 0.2) is 5.41 Å². The van der Waals surface area contributed by atoms with Crippen molar-refractivity contribution in [2.24, 2.45) is 11.3 Å². The number of aliphatic carboxylic acids is 2. The van der Waals surface area contributed by atoms with E-state index >= 15 is 0 Å². The molecular weight excluding hydrogens is 179 g/mol. The molecule has 0 saturated carbocycles. The van der Waals surface area contributed by atoms with Crippen LogP contribution in [-0.4, -0.2) is 22.2 Å². The fourth-order valence-corrected chi connectivity index (χ4v) is 1.48. The first kappa shape index (κ1) is 16.0. The van der Waals surface area contributed by atoms with E-state index in [4.69, 9.17) is 10.2 Å². The number of rotatable bonds is 5. The number of carbonyl (C=O) groups is 2. The van der Waals surface area contributed by atoms with Crippen LogP contribution in [0.4, 0.5) is 0 Å². The van der Waals surface area contributed by atoms with Gasteiger partial charge in [0, 0.05) is 0 Å². The van der Waals surface area contributed by atoms with Gasteiger partial charge in [-0.1, -0.05) is 27.2 Å². The molecule has 4 nitrogen and oxygen atoms in total. The van der Waals surface area contributed by atoms with Crippen LogP contribution in [0.15, 0.2) is 0 Å². The summed E-state index contributed by atoms with van der Waals surface area (Å²) in [5.41, 5.74) is -1.62. The van der Waals surface area contributed by atoms with E-state index in [-0.39, 0.29) is 26.7 Å². The first-order valence-corrected chi connectivity index (χ1v) is 4.36. The average Bonchev–Trinajstić information content (AvgIpc) is 1.97. The van der Waals surface area contributed by atoms with Crippen molar-refractivity contribution in [2.45, 2.75) is 33.6 Å². The van der Waals surface area contributed by atoms with Gasteiger partial charge in [-0.25, -0.2) is 0 Å². The van der Waals surface area contributed by atoms with Gasteiger partial charge in [0.05, 0.1) is 0 Å². The maximum absolute atomic E-state index is 10.9. The summed E-state index contributed by atoms with van der Waals surface area (Å²) in [7, 11) is 0. The standard InChI is InChI=1S/C9H16O4.Li.H/c1-4-5-9(6(2)3,7(10)11)8(12)13;;/h6H,4-5H2,1-3H3,(H,10,11)(H,12,13);;/q;+1;-1. The van der Waals surface area contributed by atoms with Crippen molar-refractivity contribution in [2.75, 3.05) is 0 Å². The maximum Gasteiger partial charge on any atom is 1.00 e. The summed E-state index contributed by atoms with van der Waals surface area (Å²) in [4.78, 5) is 21.8. The summed E-state index contributed by atoms with van der Waals surface area (Å²) in [5.74, 6) is -2.88. The van der Waals surface area contributed by atoms with Crippen molar-refractivity contribution in [3.05, 3.63) is 0 Å². The summed E-state index contributed by atoms with van der Waals surface area (Å²) >= 11 is 0. The zero-order valence-corrected chi connectivity index (χ0v) is 9.20. The Morgan fingerprint density at radius 3 is 1.71 bits per heavy atom. The molecule has 0 aliphatic carbocycles. The minimum atomic E-state index is -1.62. The van der Waals surface area contributed by atoms with E-state index in [0.29, 0.717) is 6.42 Å². The van der Waals surface area contributed by atoms with Gasteiger partial charge in [0.1, 0.15) is 0 Å². The van der Waals surface area contributed by atoms with E-state index in [9.17, 15) is 9.59 Å². The van der Waals surface area contributed by atoms with Gasteiger partial charge in [-0.05, 0) is 12.3 Å². The Morgan fingerprint density at radius 1 is 1.29 bits per heavy atom. The van der Waals surface area contributed by atoms with Gasteiger partial charge in [0.25, 0.3) is 0 Å². The number of hydrogen-bond acceptors (Lipinski definition) is 2. The van der Waals surface area contributed by atoms with Gasteiger partial charge in [0.2, 0.25) is 0 Å². The van der Waals surface area contributed by atoms with Gasteiger partial charge in [-0.15, -0.1) is 0 Å². The van der Waals surface area contributed by atoms with Crippen molar-refractivity contribution in [1.82, 2.24) is 0 Å². The monoisotopic (exact) mass is 196 g/mol. The molecular formula is C9H17LiO4. The molecule has 78 valence electrons. The molecule has 0 rings (SSSR count). The minimum absolute atomic E-state index is 0. The van der Waals surface area contributed by atoms with Crippen LogP contribution in [0.1, 0.15) is 35.0 Å². The van der Waals surface area contributed by atoms with Gasteiger partial charge >= 0.3 is 30.8 Å². The zero-order chi connectivity index (χ0) is 10.6. The van der Waals surface area contributed by atoms with E-state index in [1.807, 2.05) is 0 Å². The third-order valence-corrected chi connectivity index (χ3v) is 2.39. The molecule has 0 aromatic rings. The molecule has 0 aliphatic rings. The predicted molar refractivity (Wildman–Crippen MR) is 48.6 cm³/mol. The maximum atomic E-state index is 10.9. The van der Waals surface area contributed by atoms with Crippen molar-refractivity contribution in [1.29, 1.82) is 0 Å². The molecule has 2 N–H and O–H groups in total. The first-order chi connectivity index (χ1) is 5.89. The van der Waals surface area contributed by atoms with Gasteiger partial charge < -0.3 is 11.6 Å². The molecule has 0 radical (unpaired) electrons. The molecule has 0 fully saturated rings. The Kier molecular flexibility index (Phi) is 6.97. The van der Waals surface area contributed by atoms with Crippen LogP contribution in [0, 0.1) is 11.3 Å². The van der Waals surface area contributed by atoms with Crippen LogP contribution in [0.25, 0.3) is 0 Å². The zero-order valence-electron chi connectivity index (χ0n) is 10.2. The molecule has 0 heterocycles. The fourth-order valence-electron chi connectivity index (χ4n) is 1.48. The second-order valence-electron chi connectivity index (χ2n) is 3.49. The van der Waals surface area contributed by atoms with Crippen LogP contribution in [0.2, 0.25) is 0 Å². The average molecular weight is 196 g/mol. The minimum Gasteiger partial charge on any atom is -1.00 e. The molecule has 5 heteroatoms. The molecule has 0 aromatic heterocycles. The second kappa shape index (κ2) is 6.10. The Bertz CT molecular complexity index is 204. The summed E-state index contributed by atoms with van der Waals surface area (Å²) in [6.45, 7) is 5.03. The van der Waals surface area contributed by atoms with Crippen molar-refractivity contribution in [3.63, 3.8) is 0 Å². The van der Waals surface area contributed by atoms with E-state index in [1.54, 1.807) is 20.8 Å². The smallest absolute Gasteiger partial charge is 1.00 e. The van der Waals surface area contributed by atoms with Crippen molar-refractivity contribution < 1.29 is 40.1 Å². The summed E-state index contributed by atoms with van der Waals surface area (Å²) < 4.78 is 0. The molecule has 14 heavy (non-hydrogen) atoms. The third kappa shape index (κ3) is 2.76. The van der Waals surface area contributed by atoms with E-state index in [2.05, 4.69) is 0 Å². The Balaban J connectivity index is -0.000000720. The topological polar surface area (TPSA) is 74.6 Å². The van der Waals surface area contributed by atoms with E-state index in [0.717, 1.165) is 0 Å². The number of hydrogen-bond donors (Lipinski definition) is 2.